The predicted octanol–water partition coefficient (Wildman–Crippen LogP) is 0.851. The molecule has 0 saturated carbocycles. The molecule has 1 aliphatic rings. The fourth-order valence-corrected chi connectivity index (χ4v) is 2.44. The first-order valence-electron chi connectivity index (χ1n) is 6.42. The molecule has 4 heteroatoms. The maximum Gasteiger partial charge on any atom is 0.218 e. The summed E-state index contributed by atoms with van der Waals surface area (Å²) in [7, 11) is 2.16. The highest BCUT2D eigenvalue weighted by Crippen LogP contribution is 2.23. The monoisotopic (exact) mass is 247 g/mol. The number of carbonyl (C=O) groups excluding carboxylic acids is 1. The van der Waals surface area contributed by atoms with Gasteiger partial charge in [0.25, 0.3) is 0 Å². The summed E-state index contributed by atoms with van der Waals surface area (Å²) < 4.78 is 0. The first kappa shape index (κ1) is 13.1. The minimum Gasteiger partial charge on any atom is -0.370 e. The van der Waals surface area contributed by atoms with Gasteiger partial charge in [0, 0.05) is 38.6 Å². The lowest BCUT2D eigenvalue weighted by Crippen LogP contribution is -2.47. The van der Waals surface area contributed by atoms with E-state index in [1.165, 1.54) is 5.56 Å². The predicted molar refractivity (Wildman–Crippen MR) is 72.1 cm³/mol. The summed E-state index contributed by atoms with van der Waals surface area (Å²) in [5.41, 5.74) is 6.54. The standard InChI is InChI=1S/C14H21N3O/c1-16-9-10-17(8-7-14(15)18)11-13(16)12-5-3-2-4-6-12/h2-6,13H,7-11H2,1H3,(H2,15,18)/t13-/m0/s1. The lowest BCUT2D eigenvalue weighted by Gasteiger charge is -2.39. The van der Waals surface area contributed by atoms with Gasteiger partial charge in [0.2, 0.25) is 5.91 Å². The van der Waals surface area contributed by atoms with Crippen LogP contribution in [-0.4, -0.2) is 48.9 Å². The van der Waals surface area contributed by atoms with Crippen molar-refractivity contribution in [1.29, 1.82) is 0 Å². The zero-order chi connectivity index (χ0) is 13.0. The van der Waals surface area contributed by atoms with Crippen LogP contribution in [0.2, 0.25) is 0 Å². The Labute approximate surface area is 108 Å². The third-order valence-corrected chi connectivity index (χ3v) is 3.59. The van der Waals surface area contributed by atoms with Gasteiger partial charge in [-0.2, -0.15) is 0 Å². The van der Waals surface area contributed by atoms with Crippen molar-refractivity contribution in [2.45, 2.75) is 12.5 Å². The Morgan fingerprint density at radius 2 is 2.06 bits per heavy atom. The molecule has 1 heterocycles. The quantitative estimate of drug-likeness (QED) is 0.858. The molecule has 2 N–H and O–H groups in total. The van der Waals surface area contributed by atoms with Crippen LogP contribution in [0, 0.1) is 0 Å². The van der Waals surface area contributed by atoms with E-state index >= 15 is 0 Å². The molecule has 1 amide bonds. The minimum atomic E-state index is -0.217. The average Bonchev–Trinajstić information content (AvgIpc) is 2.38. The van der Waals surface area contributed by atoms with Crippen molar-refractivity contribution < 1.29 is 4.79 Å². The van der Waals surface area contributed by atoms with Gasteiger partial charge in [-0.05, 0) is 12.6 Å². The molecule has 2 rings (SSSR count). The number of carbonyl (C=O) groups is 1. The zero-order valence-electron chi connectivity index (χ0n) is 10.9. The number of nitrogens with zero attached hydrogens (tertiary/aromatic N) is 2. The number of likely N-dealkylation sites (N-methyl/N-ethyl adjacent to an activating group) is 1. The summed E-state index contributed by atoms with van der Waals surface area (Å²) in [5.74, 6) is -0.217. The molecule has 0 aliphatic carbocycles. The van der Waals surface area contributed by atoms with E-state index in [0.717, 1.165) is 26.2 Å². The molecule has 0 spiro atoms. The maximum absolute atomic E-state index is 10.8. The van der Waals surface area contributed by atoms with Crippen LogP contribution in [0.5, 0.6) is 0 Å². The molecule has 0 aromatic heterocycles. The van der Waals surface area contributed by atoms with Crippen LogP contribution in [0.3, 0.4) is 0 Å². The molecule has 4 nitrogen and oxygen atoms in total. The lowest BCUT2D eigenvalue weighted by molar-refractivity contribution is -0.118. The largest absolute Gasteiger partial charge is 0.370 e. The highest BCUT2D eigenvalue weighted by Gasteiger charge is 2.25. The summed E-state index contributed by atoms with van der Waals surface area (Å²) in [6.45, 7) is 3.77. The van der Waals surface area contributed by atoms with E-state index < -0.39 is 0 Å². The van der Waals surface area contributed by atoms with Crippen molar-refractivity contribution in [2.75, 3.05) is 33.2 Å². The Morgan fingerprint density at radius 1 is 1.33 bits per heavy atom. The van der Waals surface area contributed by atoms with Crippen molar-refractivity contribution in [3.63, 3.8) is 0 Å². The van der Waals surface area contributed by atoms with Crippen LogP contribution in [0.4, 0.5) is 0 Å². The Bertz CT molecular complexity index is 393. The SMILES string of the molecule is CN1CCN(CCC(N)=O)C[C@H]1c1ccccc1. The van der Waals surface area contributed by atoms with E-state index in [9.17, 15) is 4.79 Å². The minimum absolute atomic E-state index is 0.217. The molecule has 0 unspecified atom stereocenters. The van der Waals surface area contributed by atoms with E-state index in [1.54, 1.807) is 0 Å². The number of hydrogen-bond donors (Lipinski definition) is 1. The third-order valence-electron chi connectivity index (χ3n) is 3.59. The fraction of sp³-hybridized carbons (Fsp3) is 0.500. The van der Waals surface area contributed by atoms with Gasteiger partial charge in [-0.25, -0.2) is 0 Å². The van der Waals surface area contributed by atoms with E-state index in [4.69, 9.17) is 5.73 Å². The molecule has 1 aromatic carbocycles. The van der Waals surface area contributed by atoms with Gasteiger partial charge in [-0.15, -0.1) is 0 Å². The molecular formula is C14H21N3O. The molecule has 1 saturated heterocycles. The van der Waals surface area contributed by atoms with E-state index in [0.29, 0.717) is 12.5 Å². The fourth-order valence-electron chi connectivity index (χ4n) is 2.44. The first-order valence-corrected chi connectivity index (χ1v) is 6.42. The average molecular weight is 247 g/mol. The van der Waals surface area contributed by atoms with Crippen LogP contribution in [-0.2, 0) is 4.79 Å². The van der Waals surface area contributed by atoms with Crippen LogP contribution in [0.15, 0.2) is 30.3 Å². The number of benzene rings is 1. The zero-order valence-corrected chi connectivity index (χ0v) is 10.9. The smallest absolute Gasteiger partial charge is 0.218 e. The number of piperazine rings is 1. The van der Waals surface area contributed by atoms with Gasteiger partial charge in [-0.1, -0.05) is 30.3 Å². The van der Waals surface area contributed by atoms with E-state index in [-0.39, 0.29) is 5.91 Å². The molecule has 1 aliphatic heterocycles. The van der Waals surface area contributed by atoms with Gasteiger partial charge in [0.1, 0.15) is 0 Å². The van der Waals surface area contributed by atoms with Crippen molar-refractivity contribution in [2.24, 2.45) is 5.73 Å². The highest BCUT2D eigenvalue weighted by molar-refractivity contribution is 5.73. The molecule has 1 aromatic rings. The molecule has 0 radical (unpaired) electrons. The number of nitrogens with two attached hydrogens (primary N) is 1. The molecule has 1 atom stereocenters. The van der Waals surface area contributed by atoms with Gasteiger partial charge in [0.15, 0.2) is 0 Å². The Balaban J connectivity index is 1.99. The summed E-state index contributed by atoms with van der Waals surface area (Å²) in [5, 5.41) is 0. The lowest BCUT2D eigenvalue weighted by atomic mass is 10.0. The van der Waals surface area contributed by atoms with Gasteiger partial charge in [-0.3, -0.25) is 14.6 Å². The molecule has 18 heavy (non-hydrogen) atoms. The van der Waals surface area contributed by atoms with E-state index in [2.05, 4.69) is 41.1 Å². The molecule has 98 valence electrons. The van der Waals surface area contributed by atoms with Crippen molar-refractivity contribution >= 4 is 5.91 Å². The van der Waals surface area contributed by atoms with Crippen LogP contribution < -0.4 is 5.73 Å². The Hall–Kier alpha value is -1.39. The first-order chi connectivity index (χ1) is 8.66. The third kappa shape index (κ3) is 3.31. The topological polar surface area (TPSA) is 49.6 Å². The Morgan fingerprint density at radius 3 is 2.72 bits per heavy atom. The molecule has 0 bridgehead atoms. The second-order valence-corrected chi connectivity index (χ2v) is 4.92. The molecular weight excluding hydrogens is 226 g/mol. The second-order valence-electron chi connectivity index (χ2n) is 4.92. The van der Waals surface area contributed by atoms with Gasteiger partial charge in [0.05, 0.1) is 0 Å². The van der Waals surface area contributed by atoms with Crippen molar-refractivity contribution in [1.82, 2.24) is 9.80 Å². The van der Waals surface area contributed by atoms with Gasteiger partial charge >= 0.3 is 0 Å². The maximum atomic E-state index is 10.8. The van der Waals surface area contributed by atoms with Crippen LogP contribution in [0.1, 0.15) is 18.0 Å². The highest BCUT2D eigenvalue weighted by atomic mass is 16.1. The van der Waals surface area contributed by atoms with Gasteiger partial charge < -0.3 is 5.73 Å². The second kappa shape index (κ2) is 5.98. The van der Waals surface area contributed by atoms with Crippen LogP contribution in [0.25, 0.3) is 0 Å². The van der Waals surface area contributed by atoms with Crippen LogP contribution >= 0.6 is 0 Å². The normalized spacial score (nSPS) is 21.9. The summed E-state index contributed by atoms with van der Waals surface area (Å²) >= 11 is 0. The number of rotatable bonds is 4. The molecule has 1 fully saturated rings. The number of hydrogen-bond acceptors (Lipinski definition) is 3. The summed E-state index contributed by atoms with van der Waals surface area (Å²) in [6, 6.07) is 10.9. The summed E-state index contributed by atoms with van der Waals surface area (Å²) in [4.78, 5) is 15.5. The van der Waals surface area contributed by atoms with Crippen molar-refractivity contribution in [3.05, 3.63) is 35.9 Å². The van der Waals surface area contributed by atoms with E-state index in [1.807, 2.05) is 6.07 Å². The number of amides is 1. The summed E-state index contributed by atoms with van der Waals surface area (Å²) in [6.07, 6.45) is 0.450. The number of primary amides is 1. The van der Waals surface area contributed by atoms with Crippen molar-refractivity contribution in [3.8, 4) is 0 Å². The Kier molecular flexibility index (Phi) is 4.33.